The summed E-state index contributed by atoms with van der Waals surface area (Å²) in [7, 11) is 1.37. The van der Waals surface area contributed by atoms with Crippen LogP contribution in [0, 0.1) is 0 Å². The molecule has 4 rings (SSSR count). The van der Waals surface area contributed by atoms with E-state index in [9.17, 15) is 22.8 Å². The highest BCUT2D eigenvalue weighted by Crippen LogP contribution is 2.33. The maximum atomic E-state index is 13.4. The van der Waals surface area contributed by atoms with Crippen LogP contribution in [0.4, 0.5) is 24.8 Å². The van der Waals surface area contributed by atoms with Crippen LogP contribution in [0.2, 0.25) is 5.02 Å². The second-order valence-electron chi connectivity index (χ2n) is 8.07. The summed E-state index contributed by atoms with van der Waals surface area (Å²) in [5, 5.41) is 6.81. The van der Waals surface area contributed by atoms with E-state index in [-0.39, 0.29) is 23.2 Å². The Morgan fingerprint density at radius 2 is 1.81 bits per heavy atom. The zero-order valence-electron chi connectivity index (χ0n) is 19.6. The molecule has 8 nitrogen and oxygen atoms in total. The van der Waals surface area contributed by atoms with E-state index in [1.54, 1.807) is 43.3 Å². The van der Waals surface area contributed by atoms with E-state index in [4.69, 9.17) is 11.6 Å². The van der Waals surface area contributed by atoms with Crippen LogP contribution < -0.4 is 10.2 Å². The van der Waals surface area contributed by atoms with Crippen molar-refractivity contribution < 1.29 is 22.8 Å². The van der Waals surface area contributed by atoms with Crippen molar-refractivity contribution in [1.29, 1.82) is 0 Å². The molecule has 4 aromatic rings. The van der Waals surface area contributed by atoms with Crippen LogP contribution in [0.3, 0.4) is 0 Å². The first-order valence-electron chi connectivity index (χ1n) is 10.9. The highest BCUT2D eigenvalue weighted by atomic mass is 35.5. The number of aromatic nitrogens is 4. The summed E-state index contributed by atoms with van der Waals surface area (Å²) in [4.78, 5) is 34.8. The van der Waals surface area contributed by atoms with Crippen LogP contribution in [0.1, 0.15) is 34.5 Å². The van der Waals surface area contributed by atoms with Crippen molar-refractivity contribution in [1.82, 2.24) is 19.7 Å². The molecule has 1 atom stereocenters. The van der Waals surface area contributed by atoms with Crippen molar-refractivity contribution >= 4 is 35.1 Å². The molecular formula is C25H20ClF3N6O2. The van der Waals surface area contributed by atoms with Crippen molar-refractivity contribution in [3.05, 3.63) is 95.0 Å². The predicted molar refractivity (Wildman–Crippen MR) is 132 cm³/mol. The number of nitrogens with zero attached hydrogens (tertiary/aromatic N) is 5. The smallest absolute Gasteiger partial charge is 0.307 e. The summed E-state index contributed by atoms with van der Waals surface area (Å²) in [5.74, 6) is -1.44. The zero-order valence-corrected chi connectivity index (χ0v) is 20.3. The summed E-state index contributed by atoms with van der Waals surface area (Å²) in [6, 6.07) is 13.4. The molecule has 1 N–H and O–H groups in total. The first kappa shape index (κ1) is 25.8. The second kappa shape index (κ2) is 10.4. The first-order chi connectivity index (χ1) is 17.5. The number of hydrogen-bond acceptors (Lipinski definition) is 5. The average molecular weight is 529 g/mol. The molecule has 0 aliphatic carbocycles. The summed E-state index contributed by atoms with van der Waals surface area (Å²) >= 11 is 5.84. The lowest BCUT2D eigenvalue weighted by Gasteiger charge is -2.22. The fraction of sp³-hybridized carbons (Fsp3) is 0.160. The van der Waals surface area contributed by atoms with Crippen molar-refractivity contribution in [3.63, 3.8) is 0 Å². The number of alkyl halides is 3. The fourth-order valence-corrected chi connectivity index (χ4v) is 3.61. The Labute approximate surface area is 214 Å². The zero-order chi connectivity index (χ0) is 26.7. The van der Waals surface area contributed by atoms with E-state index in [0.717, 1.165) is 15.6 Å². The fourth-order valence-electron chi connectivity index (χ4n) is 3.49. The number of pyridine rings is 2. The largest absolute Gasteiger partial charge is 0.435 e. The molecule has 0 aliphatic heterocycles. The Balaban J connectivity index is 1.53. The maximum Gasteiger partial charge on any atom is 0.435 e. The predicted octanol–water partition coefficient (Wildman–Crippen LogP) is 5.35. The van der Waals surface area contributed by atoms with E-state index < -0.39 is 23.7 Å². The third-order valence-corrected chi connectivity index (χ3v) is 5.80. The molecule has 0 radical (unpaired) electrons. The van der Waals surface area contributed by atoms with E-state index in [1.807, 2.05) is 0 Å². The SMILES string of the molecule is CC(C(=O)N(C)c1cc(C(F)(F)F)nn1-c1cccnc1)c1ccc(NC(=O)c2ccc(Cl)cc2)nc1. The van der Waals surface area contributed by atoms with Gasteiger partial charge in [-0.3, -0.25) is 19.5 Å². The van der Waals surface area contributed by atoms with E-state index in [1.165, 1.54) is 37.8 Å². The van der Waals surface area contributed by atoms with Gasteiger partial charge in [-0.15, -0.1) is 0 Å². The molecule has 1 unspecified atom stereocenters. The molecule has 2 amide bonds. The molecule has 1 aromatic carbocycles. The van der Waals surface area contributed by atoms with Crippen molar-refractivity contribution in [2.24, 2.45) is 0 Å². The number of carbonyl (C=O) groups is 2. The lowest BCUT2D eigenvalue weighted by Crippen LogP contribution is -2.32. The van der Waals surface area contributed by atoms with Gasteiger partial charge < -0.3 is 5.32 Å². The normalized spacial score (nSPS) is 12.2. The third-order valence-electron chi connectivity index (χ3n) is 5.55. The number of nitrogens with one attached hydrogen (secondary N) is 1. The number of likely N-dealkylation sites (N-methyl/N-ethyl adjacent to an activating group) is 1. The van der Waals surface area contributed by atoms with E-state index >= 15 is 0 Å². The quantitative estimate of drug-likeness (QED) is 0.364. The summed E-state index contributed by atoms with van der Waals surface area (Å²) in [5.41, 5.74) is 0.0255. The molecule has 0 bridgehead atoms. The van der Waals surface area contributed by atoms with Crippen LogP contribution in [0.25, 0.3) is 5.69 Å². The molecule has 190 valence electrons. The molecule has 12 heteroatoms. The van der Waals surface area contributed by atoms with Crippen molar-refractivity contribution in [2.45, 2.75) is 19.0 Å². The van der Waals surface area contributed by atoms with Crippen molar-refractivity contribution in [3.8, 4) is 5.69 Å². The number of halogens is 4. The van der Waals surface area contributed by atoms with Crippen LogP contribution in [0.5, 0.6) is 0 Å². The standard InChI is InChI=1S/C25H20ClF3N6O2/c1-15(17-7-10-21(31-13-17)32-23(36)16-5-8-18(26)9-6-16)24(37)34(2)22-12-20(25(27,28)29)33-35(22)19-4-3-11-30-14-19/h3-15H,1-2H3,(H,31,32,36). The van der Waals surface area contributed by atoms with Gasteiger partial charge in [-0.05, 0) is 55.0 Å². The van der Waals surface area contributed by atoms with Gasteiger partial charge in [0.25, 0.3) is 5.91 Å². The molecule has 3 aromatic heterocycles. The van der Waals surface area contributed by atoms with Gasteiger partial charge in [0.05, 0.1) is 17.8 Å². The lowest BCUT2D eigenvalue weighted by molar-refractivity contribution is -0.141. The molecule has 37 heavy (non-hydrogen) atoms. The Bertz CT molecular complexity index is 1410. The van der Waals surface area contributed by atoms with Gasteiger partial charge in [0.2, 0.25) is 5.91 Å². The number of hydrogen-bond donors (Lipinski definition) is 1. The monoisotopic (exact) mass is 528 g/mol. The van der Waals surface area contributed by atoms with Gasteiger partial charge in [-0.2, -0.15) is 18.3 Å². The molecule has 0 saturated carbocycles. The van der Waals surface area contributed by atoms with E-state index in [2.05, 4.69) is 20.4 Å². The highest BCUT2D eigenvalue weighted by Gasteiger charge is 2.36. The van der Waals surface area contributed by atoms with Crippen LogP contribution in [-0.4, -0.2) is 38.6 Å². The Morgan fingerprint density at radius 1 is 1.08 bits per heavy atom. The first-order valence-corrected chi connectivity index (χ1v) is 11.3. The van der Waals surface area contributed by atoms with Gasteiger partial charge in [0, 0.05) is 36.1 Å². The summed E-state index contributed by atoms with van der Waals surface area (Å²) in [6.07, 6.45) is -0.455. The summed E-state index contributed by atoms with van der Waals surface area (Å²) < 4.78 is 41.2. The minimum absolute atomic E-state index is 0.0722. The topological polar surface area (TPSA) is 93.0 Å². The van der Waals surface area contributed by atoms with Crippen LogP contribution >= 0.6 is 11.6 Å². The van der Waals surface area contributed by atoms with Gasteiger partial charge >= 0.3 is 6.18 Å². The Morgan fingerprint density at radius 3 is 2.41 bits per heavy atom. The van der Waals surface area contributed by atoms with Crippen LogP contribution in [0.15, 0.2) is 73.2 Å². The Hall–Kier alpha value is -4.25. The third kappa shape index (κ3) is 5.78. The molecule has 0 aliphatic rings. The Kier molecular flexibility index (Phi) is 7.25. The lowest BCUT2D eigenvalue weighted by atomic mass is 10.0. The number of rotatable bonds is 6. The van der Waals surface area contributed by atoms with Crippen molar-refractivity contribution in [2.75, 3.05) is 17.3 Å². The number of anilines is 2. The maximum absolute atomic E-state index is 13.4. The molecule has 0 fully saturated rings. The average Bonchev–Trinajstić information content (AvgIpc) is 3.35. The van der Waals surface area contributed by atoms with Gasteiger partial charge in [-0.1, -0.05) is 17.7 Å². The molecule has 3 heterocycles. The second-order valence-corrected chi connectivity index (χ2v) is 8.50. The minimum Gasteiger partial charge on any atom is -0.307 e. The number of carbonyl (C=O) groups excluding carboxylic acids is 2. The summed E-state index contributed by atoms with van der Waals surface area (Å²) in [6.45, 7) is 1.61. The van der Waals surface area contributed by atoms with Gasteiger partial charge in [0.1, 0.15) is 11.6 Å². The molecule has 0 spiro atoms. The van der Waals surface area contributed by atoms with E-state index in [0.29, 0.717) is 16.1 Å². The number of benzene rings is 1. The number of amides is 2. The molecular weight excluding hydrogens is 509 g/mol. The minimum atomic E-state index is -4.70. The highest BCUT2D eigenvalue weighted by molar-refractivity contribution is 6.30. The van der Waals surface area contributed by atoms with Gasteiger partial charge in [0.15, 0.2) is 5.69 Å². The van der Waals surface area contributed by atoms with Crippen LogP contribution in [-0.2, 0) is 11.0 Å². The molecule has 0 saturated heterocycles. The van der Waals surface area contributed by atoms with Gasteiger partial charge in [-0.25, -0.2) is 9.67 Å².